The van der Waals surface area contributed by atoms with Crippen LogP contribution in [-0.4, -0.2) is 25.1 Å². The van der Waals surface area contributed by atoms with Gasteiger partial charge in [0, 0.05) is 23.7 Å². The zero-order valence-corrected chi connectivity index (χ0v) is 25.7. The molecule has 7 rings (SSSR count). The fourth-order valence-corrected chi connectivity index (χ4v) is 6.84. The van der Waals surface area contributed by atoms with Crippen molar-refractivity contribution in [1.82, 2.24) is 0 Å². The Balaban J connectivity index is 1.46. The van der Waals surface area contributed by atoms with E-state index in [4.69, 9.17) is 14.2 Å². The number of nitrogens with zero attached hydrogens (tertiary/aromatic N) is 1. The molecule has 5 aromatic rings. The van der Waals surface area contributed by atoms with Crippen molar-refractivity contribution >= 4 is 17.6 Å². The van der Waals surface area contributed by atoms with Gasteiger partial charge in [-0.3, -0.25) is 14.5 Å². The number of esters is 1. The van der Waals surface area contributed by atoms with Crippen molar-refractivity contribution in [2.45, 2.75) is 37.8 Å². The van der Waals surface area contributed by atoms with Crippen molar-refractivity contribution in [1.29, 1.82) is 0 Å². The summed E-state index contributed by atoms with van der Waals surface area (Å²) in [7, 11) is 0. The predicted octanol–water partition coefficient (Wildman–Crippen LogP) is 7.58. The molecular weight excluding hydrogens is 574 g/mol. The summed E-state index contributed by atoms with van der Waals surface area (Å²) < 4.78 is 18.1. The molecule has 0 radical (unpaired) electrons. The summed E-state index contributed by atoms with van der Waals surface area (Å²) in [6.07, 6.45) is 0.526. The van der Waals surface area contributed by atoms with Gasteiger partial charge in [0.25, 0.3) is 0 Å². The highest BCUT2D eigenvalue weighted by Gasteiger charge is 2.57. The van der Waals surface area contributed by atoms with Crippen LogP contribution in [-0.2, 0) is 32.8 Å². The molecular formula is C40H35NO5. The van der Waals surface area contributed by atoms with E-state index in [0.717, 1.165) is 39.3 Å². The van der Waals surface area contributed by atoms with E-state index in [1.165, 1.54) is 0 Å². The van der Waals surface area contributed by atoms with Gasteiger partial charge in [0.15, 0.2) is 0 Å². The van der Waals surface area contributed by atoms with Gasteiger partial charge in [-0.2, -0.15) is 0 Å². The first-order valence-corrected chi connectivity index (χ1v) is 15.8. The molecule has 0 N–H and O–H groups in total. The number of para-hydroxylation sites is 1. The summed E-state index contributed by atoms with van der Waals surface area (Å²) in [6.45, 7) is 2.82. The Kier molecular flexibility index (Phi) is 8.02. The maximum atomic E-state index is 15.6. The number of fused-ring (bicyclic) bond motifs is 2. The largest absolute Gasteiger partial charge is 0.493 e. The lowest BCUT2D eigenvalue weighted by molar-refractivity contribution is -0.146. The number of hydrogen-bond donors (Lipinski definition) is 0. The first-order valence-electron chi connectivity index (χ1n) is 15.8. The van der Waals surface area contributed by atoms with Gasteiger partial charge in [-0.1, -0.05) is 109 Å². The van der Waals surface area contributed by atoms with E-state index in [2.05, 4.69) is 0 Å². The number of carbonyl (C=O) groups excluding carboxylic acids is 2. The lowest BCUT2D eigenvalue weighted by Crippen LogP contribution is -2.45. The lowest BCUT2D eigenvalue weighted by atomic mass is 9.71. The Morgan fingerprint density at radius 1 is 0.826 bits per heavy atom. The molecule has 1 atom stereocenters. The van der Waals surface area contributed by atoms with Crippen molar-refractivity contribution in [3.05, 3.63) is 161 Å². The predicted molar refractivity (Wildman–Crippen MR) is 177 cm³/mol. The molecule has 1 unspecified atom stereocenters. The molecule has 0 spiro atoms. The minimum atomic E-state index is -1.41. The molecule has 0 saturated carbocycles. The molecule has 46 heavy (non-hydrogen) atoms. The minimum Gasteiger partial charge on any atom is -0.493 e. The molecule has 6 heteroatoms. The number of carbonyl (C=O) groups is 2. The molecule has 0 fully saturated rings. The van der Waals surface area contributed by atoms with Crippen molar-refractivity contribution in [3.8, 4) is 11.5 Å². The van der Waals surface area contributed by atoms with Gasteiger partial charge in [-0.15, -0.1) is 0 Å². The fourth-order valence-electron chi connectivity index (χ4n) is 6.84. The lowest BCUT2D eigenvalue weighted by Gasteiger charge is -2.34. The molecule has 230 valence electrons. The van der Waals surface area contributed by atoms with Gasteiger partial charge in [0.05, 0.1) is 25.7 Å². The SMILES string of the molecule is CCOC(=O)CC1(c2cc3c(cc2OCc2ccccc2)OCC3)C(=O)N(C(c2ccccc2)c2ccccc2)c2ccccc21. The van der Waals surface area contributed by atoms with Crippen molar-refractivity contribution in [2.75, 3.05) is 18.1 Å². The summed E-state index contributed by atoms with van der Waals surface area (Å²) in [5, 5.41) is 0. The van der Waals surface area contributed by atoms with E-state index in [-0.39, 0.29) is 18.9 Å². The van der Waals surface area contributed by atoms with Crippen LogP contribution < -0.4 is 14.4 Å². The van der Waals surface area contributed by atoms with Crippen LogP contribution in [0.5, 0.6) is 11.5 Å². The molecule has 5 aromatic carbocycles. The first-order chi connectivity index (χ1) is 22.6. The van der Waals surface area contributed by atoms with E-state index in [0.29, 0.717) is 30.9 Å². The summed E-state index contributed by atoms with van der Waals surface area (Å²) >= 11 is 0. The average molecular weight is 610 g/mol. The Bertz CT molecular complexity index is 1820. The van der Waals surface area contributed by atoms with E-state index in [1.54, 1.807) is 6.92 Å². The molecule has 1 amide bonds. The molecule has 0 aliphatic carbocycles. The average Bonchev–Trinajstić information content (AvgIpc) is 3.65. The number of rotatable bonds is 10. The van der Waals surface area contributed by atoms with E-state index in [1.807, 2.05) is 132 Å². The molecule has 0 saturated heterocycles. The van der Waals surface area contributed by atoms with Gasteiger partial charge in [-0.05, 0) is 46.9 Å². The van der Waals surface area contributed by atoms with Crippen molar-refractivity contribution in [2.24, 2.45) is 0 Å². The van der Waals surface area contributed by atoms with Gasteiger partial charge in [-0.25, -0.2) is 0 Å². The van der Waals surface area contributed by atoms with E-state index in [9.17, 15) is 4.79 Å². The maximum Gasteiger partial charge on any atom is 0.307 e. The highest BCUT2D eigenvalue weighted by atomic mass is 16.5. The van der Waals surface area contributed by atoms with Crippen molar-refractivity contribution < 1.29 is 23.8 Å². The molecule has 2 aliphatic rings. The van der Waals surface area contributed by atoms with Crippen molar-refractivity contribution in [3.63, 3.8) is 0 Å². The minimum absolute atomic E-state index is 0.176. The third-order valence-corrected chi connectivity index (χ3v) is 8.90. The van der Waals surface area contributed by atoms with Crippen LogP contribution in [0, 0.1) is 0 Å². The second kappa shape index (κ2) is 12.6. The third-order valence-electron chi connectivity index (χ3n) is 8.90. The van der Waals surface area contributed by atoms with Crippen LogP contribution in [0.4, 0.5) is 5.69 Å². The summed E-state index contributed by atoms with van der Waals surface area (Å²) in [4.78, 5) is 31.1. The Labute approximate surface area is 269 Å². The Morgan fingerprint density at radius 2 is 1.46 bits per heavy atom. The molecule has 6 nitrogen and oxygen atoms in total. The fraction of sp³-hybridized carbons (Fsp3) is 0.200. The molecule has 0 aromatic heterocycles. The number of amides is 1. The van der Waals surface area contributed by atoms with E-state index < -0.39 is 17.4 Å². The number of benzene rings is 5. The zero-order valence-electron chi connectivity index (χ0n) is 25.7. The van der Waals surface area contributed by atoms with Gasteiger partial charge in [0.1, 0.15) is 23.5 Å². The van der Waals surface area contributed by atoms with Crippen LogP contribution in [0.1, 0.15) is 52.8 Å². The van der Waals surface area contributed by atoms with Gasteiger partial charge >= 0.3 is 5.97 Å². The number of ether oxygens (including phenoxy) is 3. The highest BCUT2D eigenvalue weighted by molar-refractivity contribution is 6.13. The molecule has 2 aliphatic heterocycles. The second-order valence-corrected chi connectivity index (χ2v) is 11.6. The normalized spacial score (nSPS) is 16.6. The van der Waals surface area contributed by atoms with Gasteiger partial charge < -0.3 is 14.2 Å². The Hall–Kier alpha value is -5.36. The summed E-state index contributed by atoms with van der Waals surface area (Å²) in [5.74, 6) is 0.590. The quantitative estimate of drug-likeness (QED) is 0.153. The van der Waals surface area contributed by atoms with Crippen LogP contribution in [0.2, 0.25) is 0 Å². The Morgan fingerprint density at radius 3 is 2.13 bits per heavy atom. The summed E-state index contributed by atoms with van der Waals surface area (Å²) in [5.41, 5.74) is 4.63. The maximum absolute atomic E-state index is 15.6. The smallest absolute Gasteiger partial charge is 0.307 e. The number of anilines is 1. The molecule has 0 bridgehead atoms. The van der Waals surface area contributed by atoms with E-state index >= 15 is 4.79 Å². The topological polar surface area (TPSA) is 65.1 Å². The van der Waals surface area contributed by atoms with Crippen LogP contribution in [0.15, 0.2) is 127 Å². The second-order valence-electron chi connectivity index (χ2n) is 11.6. The summed E-state index contributed by atoms with van der Waals surface area (Å²) in [6, 6.07) is 41.2. The van der Waals surface area contributed by atoms with Crippen LogP contribution >= 0.6 is 0 Å². The van der Waals surface area contributed by atoms with Gasteiger partial charge in [0.2, 0.25) is 5.91 Å². The third kappa shape index (κ3) is 5.20. The van der Waals surface area contributed by atoms with Crippen LogP contribution in [0.25, 0.3) is 0 Å². The first kappa shape index (κ1) is 29.4. The number of hydrogen-bond acceptors (Lipinski definition) is 5. The highest BCUT2D eigenvalue weighted by Crippen LogP contribution is 2.55. The molecule has 2 heterocycles. The standard InChI is InChI=1S/C40H35NO5/c1-2-44-37(42)26-40(33-24-31-22-23-45-35(31)25-36(33)46-27-28-14-6-3-7-15-28)32-20-12-13-21-34(32)41(39(40)43)38(29-16-8-4-9-17-29)30-18-10-5-11-19-30/h3-21,24-25,38H,2,22-23,26-27H2,1H3. The monoisotopic (exact) mass is 609 g/mol. The van der Waals surface area contributed by atoms with Crippen LogP contribution in [0.3, 0.4) is 0 Å². The zero-order chi connectivity index (χ0) is 31.5.